The molecule has 0 radical (unpaired) electrons. The van der Waals surface area contributed by atoms with Crippen LogP contribution < -0.4 is 10.9 Å². The highest BCUT2D eigenvalue weighted by molar-refractivity contribution is 7.16. The normalized spacial score (nSPS) is 13.2. The van der Waals surface area contributed by atoms with Crippen molar-refractivity contribution in [2.75, 3.05) is 5.32 Å². The van der Waals surface area contributed by atoms with Crippen molar-refractivity contribution >= 4 is 33.1 Å². The van der Waals surface area contributed by atoms with Crippen LogP contribution in [-0.2, 0) is 24.2 Å². The van der Waals surface area contributed by atoms with Gasteiger partial charge in [-0.05, 0) is 49.8 Å². The maximum Gasteiger partial charge on any atom is 0.261 e. The summed E-state index contributed by atoms with van der Waals surface area (Å²) in [4.78, 5) is 30.7. The summed E-state index contributed by atoms with van der Waals surface area (Å²) in [6.07, 6.45) is 5.44. The summed E-state index contributed by atoms with van der Waals surface area (Å²) in [6, 6.07) is 7.65. The van der Waals surface area contributed by atoms with Crippen LogP contribution in [0.25, 0.3) is 10.9 Å². The summed E-state index contributed by atoms with van der Waals surface area (Å²) < 4.78 is 1.30. The number of fused-ring (bicyclic) bond motifs is 2. The van der Waals surface area contributed by atoms with Gasteiger partial charge < -0.3 is 5.32 Å². The molecule has 2 heterocycles. The van der Waals surface area contributed by atoms with E-state index < -0.39 is 0 Å². The molecule has 0 saturated carbocycles. The van der Waals surface area contributed by atoms with Gasteiger partial charge in [0.2, 0.25) is 5.91 Å². The van der Waals surface area contributed by atoms with Crippen LogP contribution in [0.15, 0.2) is 29.3 Å². The smallest absolute Gasteiger partial charge is 0.261 e. The van der Waals surface area contributed by atoms with E-state index in [4.69, 9.17) is 0 Å². The van der Waals surface area contributed by atoms with Gasteiger partial charge in [0.15, 0.2) is 0 Å². The third-order valence-corrected chi connectivity index (χ3v) is 6.11. The number of aryl methyl sites for hydroxylation is 2. The number of para-hydroxylation sites is 1. The fraction of sp³-hybridized carbons (Fsp3) is 0.300. The maximum atomic E-state index is 12.6. The van der Waals surface area contributed by atoms with Gasteiger partial charge in [0.25, 0.3) is 5.56 Å². The topological polar surface area (TPSA) is 87.8 Å². The van der Waals surface area contributed by atoms with Gasteiger partial charge in [-0.15, -0.1) is 11.3 Å². The van der Waals surface area contributed by atoms with Crippen molar-refractivity contribution in [1.29, 1.82) is 5.26 Å². The van der Waals surface area contributed by atoms with Crippen molar-refractivity contribution in [2.24, 2.45) is 0 Å². The molecule has 1 N–H and O–H groups in total. The summed E-state index contributed by atoms with van der Waals surface area (Å²) in [5, 5.41) is 13.4. The minimum atomic E-state index is -0.332. The van der Waals surface area contributed by atoms with Crippen LogP contribution in [0.1, 0.15) is 34.4 Å². The number of amides is 1. The Morgan fingerprint density at radius 2 is 2.19 bits per heavy atom. The van der Waals surface area contributed by atoms with E-state index in [0.29, 0.717) is 21.5 Å². The second-order valence-electron chi connectivity index (χ2n) is 6.72. The average Bonchev–Trinajstić information content (AvgIpc) is 3.01. The van der Waals surface area contributed by atoms with Gasteiger partial charge >= 0.3 is 0 Å². The molecular weight excluding hydrogens is 360 g/mol. The minimum absolute atomic E-state index is 0.136. The highest BCUT2D eigenvalue weighted by Crippen LogP contribution is 2.37. The van der Waals surface area contributed by atoms with Crippen LogP contribution in [0, 0.1) is 18.3 Å². The lowest BCUT2D eigenvalue weighted by Gasteiger charge is -2.09. The lowest BCUT2D eigenvalue weighted by molar-refractivity contribution is -0.116. The molecule has 1 amide bonds. The quantitative estimate of drug-likeness (QED) is 0.758. The van der Waals surface area contributed by atoms with Crippen molar-refractivity contribution < 1.29 is 4.79 Å². The Morgan fingerprint density at radius 3 is 3.00 bits per heavy atom. The Balaban J connectivity index is 1.60. The monoisotopic (exact) mass is 378 g/mol. The summed E-state index contributed by atoms with van der Waals surface area (Å²) >= 11 is 1.48. The molecule has 4 rings (SSSR count). The Morgan fingerprint density at radius 1 is 1.37 bits per heavy atom. The number of benzene rings is 1. The molecule has 1 aliphatic rings. The molecule has 7 heteroatoms. The number of nitriles is 1. The Hall–Kier alpha value is -2.98. The van der Waals surface area contributed by atoms with Crippen LogP contribution in [0.5, 0.6) is 0 Å². The van der Waals surface area contributed by atoms with Crippen LogP contribution in [0.3, 0.4) is 0 Å². The van der Waals surface area contributed by atoms with E-state index in [2.05, 4.69) is 16.4 Å². The number of thiophene rings is 1. The first kappa shape index (κ1) is 17.4. The van der Waals surface area contributed by atoms with Crippen LogP contribution in [0.2, 0.25) is 0 Å². The first-order valence-electron chi connectivity index (χ1n) is 8.87. The lowest BCUT2D eigenvalue weighted by Crippen LogP contribution is -2.28. The number of aromatic nitrogens is 2. The zero-order valence-corrected chi connectivity index (χ0v) is 15.7. The Bertz CT molecular complexity index is 1150. The van der Waals surface area contributed by atoms with Gasteiger partial charge in [-0.1, -0.05) is 12.1 Å². The fourth-order valence-electron chi connectivity index (χ4n) is 3.54. The third-order valence-electron chi connectivity index (χ3n) is 4.91. The number of carbonyl (C=O) groups is 1. The standard InChI is InChI=1S/C20H18N4O2S/c1-12-5-4-7-14-18(12)22-11-24(20(14)26)10-17(25)23-19-15(9-21)13-6-2-3-8-16(13)27-19/h4-5,7,11H,2-3,6,8,10H2,1H3,(H,23,25). The average molecular weight is 378 g/mol. The molecule has 0 saturated heterocycles. The molecular formula is C20H18N4O2S. The van der Waals surface area contributed by atoms with E-state index in [-0.39, 0.29) is 18.0 Å². The molecule has 0 unspecified atom stereocenters. The first-order valence-corrected chi connectivity index (χ1v) is 9.69. The van der Waals surface area contributed by atoms with Crippen molar-refractivity contribution in [1.82, 2.24) is 9.55 Å². The van der Waals surface area contributed by atoms with Crippen molar-refractivity contribution in [3.8, 4) is 6.07 Å². The van der Waals surface area contributed by atoms with Crippen molar-refractivity contribution in [3.63, 3.8) is 0 Å². The summed E-state index contributed by atoms with van der Waals surface area (Å²) in [7, 11) is 0. The van der Waals surface area contributed by atoms with Crippen molar-refractivity contribution in [3.05, 3.63) is 56.4 Å². The first-order chi connectivity index (χ1) is 13.1. The van der Waals surface area contributed by atoms with E-state index in [1.54, 1.807) is 12.1 Å². The molecule has 0 bridgehead atoms. The highest BCUT2D eigenvalue weighted by Gasteiger charge is 2.22. The third kappa shape index (κ3) is 3.13. The number of rotatable bonds is 3. The van der Waals surface area contributed by atoms with Crippen molar-refractivity contribution in [2.45, 2.75) is 39.2 Å². The van der Waals surface area contributed by atoms with Gasteiger partial charge in [0.1, 0.15) is 17.6 Å². The summed E-state index contributed by atoms with van der Waals surface area (Å²) in [5.41, 5.74) is 2.97. The number of hydrogen-bond donors (Lipinski definition) is 1. The second kappa shape index (κ2) is 6.97. The Labute approximate surface area is 160 Å². The zero-order valence-electron chi connectivity index (χ0n) is 14.9. The van der Waals surface area contributed by atoms with Gasteiger partial charge in [-0.25, -0.2) is 4.98 Å². The lowest BCUT2D eigenvalue weighted by atomic mass is 9.96. The van der Waals surface area contributed by atoms with Gasteiger partial charge in [-0.2, -0.15) is 5.26 Å². The molecule has 6 nitrogen and oxygen atoms in total. The molecule has 27 heavy (non-hydrogen) atoms. The molecule has 0 spiro atoms. The molecule has 0 aliphatic heterocycles. The van der Waals surface area contributed by atoms with Crippen LogP contribution in [-0.4, -0.2) is 15.5 Å². The maximum absolute atomic E-state index is 12.6. The molecule has 3 aromatic rings. The highest BCUT2D eigenvalue weighted by atomic mass is 32.1. The van der Waals surface area contributed by atoms with Gasteiger partial charge in [0, 0.05) is 4.88 Å². The zero-order chi connectivity index (χ0) is 19.0. The molecule has 0 atom stereocenters. The largest absolute Gasteiger partial charge is 0.315 e. The predicted octanol–water partition coefficient (Wildman–Crippen LogP) is 3.16. The second-order valence-corrected chi connectivity index (χ2v) is 7.83. The number of anilines is 1. The predicted molar refractivity (Wildman–Crippen MR) is 105 cm³/mol. The SMILES string of the molecule is Cc1cccc2c(=O)n(CC(=O)Nc3sc4c(c3C#N)CCCC4)cnc12. The number of nitrogens with zero attached hydrogens (tertiary/aromatic N) is 3. The van der Waals surface area contributed by atoms with E-state index in [1.807, 2.05) is 13.0 Å². The molecule has 1 aromatic carbocycles. The summed E-state index contributed by atoms with van der Waals surface area (Å²) in [6.45, 7) is 1.76. The van der Waals surface area contributed by atoms with Gasteiger partial charge in [0.05, 0.1) is 22.8 Å². The van der Waals surface area contributed by atoms with E-state index in [0.717, 1.165) is 36.8 Å². The molecule has 0 fully saturated rings. The fourth-order valence-corrected chi connectivity index (χ4v) is 4.80. The molecule has 2 aromatic heterocycles. The van der Waals surface area contributed by atoms with E-state index in [1.165, 1.54) is 27.1 Å². The number of hydrogen-bond acceptors (Lipinski definition) is 5. The van der Waals surface area contributed by atoms with Crippen LogP contribution in [0.4, 0.5) is 5.00 Å². The summed E-state index contributed by atoms with van der Waals surface area (Å²) in [5.74, 6) is -0.332. The molecule has 136 valence electrons. The Kier molecular flexibility index (Phi) is 4.50. The van der Waals surface area contributed by atoms with E-state index in [9.17, 15) is 14.9 Å². The van der Waals surface area contributed by atoms with E-state index >= 15 is 0 Å². The molecule has 1 aliphatic carbocycles. The van der Waals surface area contributed by atoms with Gasteiger partial charge in [-0.3, -0.25) is 14.2 Å². The number of carbonyl (C=O) groups excluding carboxylic acids is 1. The minimum Gasteiger partial charge on any atom is -0.315 e. The number of nitrogens with one attached hydrogen (secondary N) is 1. The van der Waals surface area contributed by atoms with Crippen LogP contribution >= 0.6 is 11.3 Å².